The van der Waals surface area contributed by atoms with Crippen molar-refractivity contribution in [3.05, 3.63) is 22.2 Å². The Labute approximate surface area is 126 Å². The van der Waals surface area contributed by atoms with E-state index in [2.05, 4.69) is 15.9 Å². The number of hydrogen-bond acceptors (Lipinski definition) is 4. The van der Waals surface area contributed by atoms with Crippen LogP contribution in [0.25, 0.3) is 0 Å². The van der Waals surface area contributed by atoms with Gasteiger partial charge in [-0.15, -0.1) is 0 Å². The Bertz CT molecular complexity index is 657. The van der Waals surface area contributed by atoms with Crippen molar-refractivity contribution in [1.29, 1.82) is 0 Å². The number of benzene rings is 1. The predicted octanol–water partition coefficient (Wildman–Crippen LogP) is 2.21. The molecule has 2 rings (SSSR count). The molecule has 1 aromatic rings. The Balaban J connectivity index is 2.54. The molecule has 1 aromatic carbocycles. The van der Waals surface area contributed by atoms with Gasteiger partial charge in [0.1, 0.15) is 0 Å². The van der Waals surface area contributed by atoms with Gasteiger partial charge >= 0.3 is 5.97 Å². The second-order valence-electron chi connectivity index (χ2n) is 5.04. The fourth-order valence-corrected chi connectivity index (χ4v) is 5.00. The maximum Gasteiger partial charge on any atom is 0.305 e. The molecule has 0 bridgehead atoms. The average molecular weight is 362 g/mol. The van der Waals surface area contributed by atoms with E-state index in [0.717, 1.165) is 5.56 Å². The van der Waals surface area contributed by atoms with E-state index in [4.69, 9.17) is 5.11 Å². The second-order valence-corrected chi connectivity index (χ2v) is 8.23. The number of sulfone groups is 1. The molecule has 20 heavy (non-hydrogen) atoms. The van der Waals surface area contributed by atoms with Gasteiger partial charge in [0.2, 0.25) is 0 Å². The van der Waals surface area contributed by atoms with Crippen LogP contribution in [0.2, 0.25) is 0 Å². The number of rotatable bonds is 3. The van der Waals surface area contributed by atoms with E-state index < -0.39 is 21.1 Å². The molecular weight excluding hydrogens is 346 g/mol. The summed E-state index contributed by atoms with van der Waals surface area (Å²) in [6.45, 7) is 4.10. The number of aryl methyl sites for hydroxylation is 1. The molecule has 0 saturated heterocycles. The monoisotopic (exact) mass is 361 g/mol. The zero-order valence-corrected chi connectivity index (χ0v) is 13.7. The number of carboxylic acid groups (broad SMARTS) is 1. The lowest BCUT2D eigenvalue weighted by Crippen LogP contribution is -2.42. The van der Waals surface area contributed by atoms with Gasteiger partial charge in [-0.25, -0.2) is 8.42 Å². The Hall–Kier alpha value is -1.08. The zero-order valence-electron chi connectivity index (χ0n) is 11.3. The van der Waals surface area contributed by atoms with Crippen molar-refractivity contribution in [3.8, 4) is 0 Å². The van der Waals surface area contributed by atoms with Crippen LogP contribution in [0.15, 0.2) is 21.5 Å². The highest BCUT2D eigenvalue weighted by molar-refractivity contribution is 9.10. The third-order valence-corrected chi connectivity index (χ3v) is 6.14. The topological polar surface area (TPSA) is 74.7 Å². The van der Waals surface area contributed by atoms with Crippen molar-refractivity contribution >= 4 is 37.4 Å². The lowest BCUT2D eigenvalue weighted by atomic mass is 10.2. The Morgan fingerprint density at radius 1 is 1.50 bits per heavy atom. The van der Waals surface area contributed by atoms with E-state index in [-0.39, 0.29) is 11.3 Å². The Morgan fingerprint density at radius 3 is 2.75 bits per heavy atom. The largest absolute Gasteiger partial charge is 0.481 e. The molecule has 0 radical (unpaired) electrons. The number of anilines is 1. The average Bonchev–Trinajstić information content (AvgIpc) is 2.32. The summed E-state index contributed by atoms with van der Waals surface area (Å²) >= 11 is 3.40. The number of carboxylic acids is 1. The minimum Gasteiger partial charge on any atom is -0.481 e. The van der Waals surface area contributed by atoms with E-state index in [1.807, 2.05) is 17.9 Å². The van der Waals surface area contributed by atoms with E-state index in [0.29, 0.717) is 23.2 Å². The fraction of sp³-hybridized carbons (Fsp3) is 0.462. The van der Waals surface area contributed by atoms with Crippen molar-refractivity contribution in [2.75, 3.05) is 18.0 Å². The molecule has 1 aliphatic heterocycles. The second kappa shape index (κ2) is 5.37. The lowest BCUT2D eigenvalue weighted by molar-refractivity contribution is -0.136. The minimum absolute atomic E-state index is 0.0213. The maximum atomic E-state index is 12.4. The van der Waals surface area contributed by atoms with E-state index >= 15 is 0 Å². The number of fused-ring (bicyclic) bond motifs is 1. The number of halogens is 1. The molecule has 1 N–H and O–H groups in total. The van der Waals surface area contributed by atoms with Gasteiger partial charge in [0.15, 0.2) is 9.84 Å². The van der Waals surface area contributed by atoms with E-state index in [1.54, 1.807) is 13.0 Å². The molecule has 1 heterocycles. The zero-order chi connectivity index (χ0) is 15.1. The van der Waals surface area contributed by atoms with Crippen molar-refractivity contribution < 1.29 is 18.3 Å². The molecule has 0 amide bonds. The number of hydrogen-bond donors (Lipinski definition) is 1. The van der Waals surface area contributed by atoms with Gasteiger partial charge < -0.3 is 10.0 Å². The molecule has 0 aliphatic carbocycles. The first-order chi connectivity index (χ1) is 9.23. The van der Waals surface area contributed by atoms with Gasteiger partial charge in [0.05, 0.1) is 22.3 Å². The molecule has 0 aromatic heterocycles. The highest BCUT2D eigenvalue weighted by atomic mass is 79.9. The van der Waals surface area contributed by atoms with Crippen molar-refractivity contribution in [3.63, 3.8) is 0 Å². The molecule has 1 atom stereocenters. The van der Waals surface area contributed by atoms with Crippen LogP contribution in [0.5, 0.6) is 0 Å². The molecule has 0 spiro atoms. The highest BCUT2D eigenvalue weighted by Crippen LogP contribution is 2.40. The molecular formula is C13H16BrNO4S. The first-order valence-corrected chi connectivity index (χ1v) is 8.58. The minimum atomic E-state index is -3.36. The lowest BCUT2D eigenvalue weighted by Gasteiger charge is -2.35. The third-order valence-electron chi connectivity index (χ3n) is 3.40. The van der Waals surface area contributed by atoms with Gasteiger partial charge in [-0.1, -0.05) is 0 Å². The van der Waals surface area contributed by atoms with Gasteiger partial charge in [-0.05, 0) is 47.5 Å². The maximum absolute atomic E-state index is 12.4. The van der Waals surface area contributed by atoms with Crippen molar-refractivity contribution in [1.82, 2.24) is 0 Å². The van der Waals surface area contributed by atoms with Crippen LogP contribution in [-0.4, -0.2) is 37.8 Å². The molecule has 1 unspecified atom stereocenters. The van der Waals surface area contributed by atoms with E-state index in [1.165, 1.54) is 0 Å². The van der Waals surface area contributed by atoms with Crippen LogP contribution < -0.4 is 4.90 Å². The first kappa shape index (κ1) is 15.3. The van der Waals surface area contributed by atoms with Crippen LogP contribution >= 0.6 is 15.9 Å². The van der Waals surface area contributed by atoms with Gasteiger partial charge in [-0.3, -0.25) is 4.79 Å². The van der Waals surface area contributed by atoms with Crippen LogP contribution in [-0.2, 0) is 14.6 Å². The summed E-state index contributed by atoms with van der Waals surface area (Å²) in [6, 6.07) is 3.50. The summed E-state index contributed by atoms with van der Waals surface area (Å²) in [4.78, 5) is 12.9. The number of nitrogens with zero attached hydrogens (tertiary/aromatic N) is 1. The highest BCUT2D eigenvalue weighted by Gasteiger charge is 2.36. The van der Waals surface area contributed by atoms with Crippen molar-refractivity contribution in [2.45, 2.75) is 30.4 Å². The van der Waals surface area contributed by atoms with Gasteiger partial charge in [0, 0.05) is 17.6 Å². The van der Waals surface area contributed by atoms with Crippen LogP contribution in [0.1, 0.15) is 18.9 Å². The molecule has 7 heteroatoms. The molecule has 5 nitrogen and oxygen atoms in total. The van der Waals surface area contributed by atoms with Crippen LogP contribution in [0.4, 0.5) is 5.69 Å². The summed E-state index contributed by atoms with van der Waals surface area (Å²) in [5, 5.41) is 8.27. The summed E-state index contributed by atoms with van der Waals surface area (Å²) < 4.78 is 25.5. The Kier molecular flexibility index (Phi) is 4.11. The summed E-state index contributed by atoms with van der Waals surface area (Å²) in [5.41, 5.74) is 1.43. The van der Waals surface area contributed by atoms with Crippen LogP contribution in [0.3, 0.4) is 0 Å². The summed E-state index contributed by atoms with van der Waals surface area (Å²) in [7, 11) is -3.36. The normalized spacial score (nSPS) is 20.6. The summed E-state index contributed by atoms with van der Waals surface area (Å²) in [6.07, 6.45) is -0.0213. The standard InChI is InChI=1S/C13H16BrNO4S/c1-8-5-10(14)13-11(6-8)20(18,19)9(2)7-15(13)4-3-12(16)17/h5-6,9H,3-4,7H2,1-2H3,(H,16,17). The smallest absolute Gasteiger partial charge is 0.305 e. The summed E-state index contributed by atoms with van der Waals surface area (Å²) in [5.74, 6) is -0.893. The molecule has 0 saturated carbocycles. The van der Waals surface area contributed by atoms with Gasteiger partial charge in [0.25, 0.3) is 0 Å². The molecule has 1 aliphatic rings. The SMILES string of the molecule is Cc1cc(Br)c2c(c1)S(=O)(=O)C(C)CN2CCC(=O)O. The number of aliphatic carboxylic acids is 1. The third kappa shape index (κ3) is 2.69. The quantitative estimate of drug-likeness (QED) is 0.893. The van der Waals surface area contributed by atoms with E-state index in [9.17, 15) is 13.2 Å². The molecule has 110 valence electrons. The molecule has 0 fully saturated rings. The van der Waals surface area contributed by atoms with Crippen LogP contribution in [0, 0.1) is 6.92 Å². The Morgan fingerprint density at radius 2 is 2.15 bits per heavy atom. The number of carbonyl (C=O) groups is 1. The first-order valence-electron chi connectivity index (χ1n) is 6.24. The fourth-order valence-electron chi connectivity index (χ4n) is 2.38. The predicted molar refractivity (Wildman–Crippen MR) is 80.0 cm³/mol. The van der Waals surface area contributed by atoms with Gasteiger partial charge in [-0.2, -0.15) is 0 Å². The van der Waals surface area contributed by atoms with Crippen molar-refractivity contribution in [2.24, 2.45) is 0 Å².